The van der Waals surface area contributed by atoms with Gasteiger partial charge in [0.25, 0.3) is 0 Å². The van der Waals surface area contributed by atoms with Crippen molar-refractivity contribution >= 4 is 10.0 Å². The highest BCUT2D eigenvalue weighted by Crippen LogP contribution is 2.15. The molecule has 1 aromatic heterocycles. The van der Waals surface area contributed by atoms with Gasteiger partial charge < -0.3 is 5.73 Å². The summed E-state index contributed by atoms with van der Waals surface area (Å²) in [5.41, 5.74) is 5.43. The lowest BCUT2D eigenvalue weighted by atomic mass is 10.3. The average Bonchev–Trinajstić information content (AvgIpc) is 2.86. The third-order valence-corrected chi connectivity index (χ3v) is 4.88. The molecule has 0 amide bonds. The minimum absolute atomic E-state index is 0.266. The fraction of sp³-hybridized carbons (Fsp3) is 0.750. The standard InChI is InChI=1S/C12H24N4O2S/c1-3-5-9-16(4-2)19(17,18)12-10-14-15(11-12)8-6-7-13/h10-11H,3-9,13H2,1-2H3. The van der Waals surface area contributed by atoms with Gasteiger partial charge in [0.1, 0.15) is 4.90 Å². The predicted octanol–water partition coefficient (Wildman–Crippen LogP) is 1.04. The molecule has 0 atom stereocenters. The number of nitrogens with zero attached hydrogens (tertiary/aromatic N) is 3. The van der Waals surface area contributed by atoms with Gasteiger partial charge in [-0.2, -0.15) is 9.40 Å². The largest absolute Gasteiger partial charge is 0.330 e. The molecule has 1 aromatic rings. The first kappa shape index (κ1) is 16.1. The highest BCUT2D eigenvalue weighted by atomic mass is 32.2. The summed E-state index contributed by atoms with van der Waals surface area (Å²) in [6.07, 6.45) is 5.63. The highest BCUT2D eigenvalue weighted by Gasteiger charge is 2.23. The second-order valence-electron chi connectivity index (χ2n) is 4.43. The molecule has 0 spiro atoms. The van der Waals surface area contributed by atoms with Gasteiger partial charge in [-0.25, -0.2) is 8.42 Å². The van der Waals surface area contributed by atoms with Crippen molar-refractivity contribution in [3.05, 3.63) is 12.4 Å². The second-order valence-corrected chi connectivity index (χ2v) is 6.37. The maximum atomic E-state index is 12.4. The third kappa shape index (κ3) is 4.29. The topological polar surface area (TPSA) is 81.2 Å². The van der Waals surface area contributed by atoms with Crippen LogP contribution in [-0.2, 0) is 16.6 Å². The summed E-state index contributed by atoms with van der Waals surface area (Å²) in [6, 6.07) is 0. The van der Waals surface area contributed by atoms with Gasteiger partial charge in [-0.3, -0.25) is 4.68 Å². The summed E-state index contributed by atoms with van der Waals surface area (Å²) in [4.78, 5) is 0.266. The lowest BCUT2D eigenvalue weighted by Gasteiger charge is -2.18. The third-order valence-electron chi connectivity index (χ3n) is 2.95. The molecule has 0 aliphatic rings. The number of rotatable bonds is 9. The molecule has 6 nitrogen and oxygen atoms in total. The Kier molecular flexibility index (Phi) is 6.47. The second kappa shape index (κ2) is 7.62. The zero-order valence-electron chi connectivity index (χ0n) is 11.7. The normalized spacial score (nSPS) is 12.2. The van der Waals surface area contributed by atoms with Crippen LogP contribution in [-0.4, -0.2) is 42.1 Å². The molecule has 0 radical (unpaired) electrons. The van der Waals surface area contributed by atoms with E-state index in [1.807, 2.05) is 13.8 Å². The van der Waals surface area contributed by atoms with Crippen molar-refractivity contribution in [2.75, 3.05) is 19.6 Å². The maximum absolute atomic E-state index is 12.4. The summed E-state index contributed by atoms with van der Waals surface area (Å²) in [7, 11) is -3.41. The first-order chi connectivity index (χ1) is 9.06. The molecule has 0 fully saturated rings. The van der Waals surface area contributed by atoms with Crippen LogP contribution in [0.15, 0.2) is 17.3 Å². The van der Waals surface area contributed by atoms with Gasteiger partial charge in [-0.05, 0) is 19.4 Å². The van der Waals surface area contributed by atoms with Crippen molar-refractivity contribution in [2.24, 2.45) is 5.73 Å². The van der Waals surface area contributed by atoms with Gasteiger partial charge in [0.2, 0.25) is 10.0 Å². The van der Waals surface area contributed by atoms with Crippen molar-refractivity contribution in [1.29, 1.82) is 0 Å². The van der Waals surface area contributed by atoms with Crippen LogP contribution in [0.25, 0.3) is 0 Å². The predicted molar refractivity (Wildman–Crippen MR) is 75.2 cm³/mol. The summed E-state index contributed by atoms with van der Waals surface area (Å²) in [5.74, 6) is 0. The van der Waals surface area contributed by atoms with Crippen LogP contribution in [0.1, 0.15) is 33.1 Å². The Morgan fingerprint density at radius 3 is 2.68 bits per heavy atom. The van der Waals surface area contributed by atoms with Crippen molar-refractivity contribution in [3.8, 4) is 0 Å². The van der Waals surface area contributed by atoms with Gasteiger partial charge >= 0.3 is 0 Å². The molecule has 1 rings (SSSR count). The SMILES string of the molecule is CCCCN(CC)S(=O)(=O)c1cnn(CCCN)c1. The van der Waals surface area contributed by atoms with Crippen LogP contribution in [0.5, 0.6) is 0 Å². The molecule has 1 heterocycles. The molecule has 0 saturated carbocycles. The molecule has 0 aliphatic carbocycles. The lowest BCUT2D eigenvalue weighted by molar-refractivity contribution is 0.419. The molecular formula is C12H24N4O2S. The number of aromatic nitrogens is 2. The summed E-state index contributed by atoms with van der Waals surface area (Å²) in [5, 5.41) is 4.07. The van der Waals surface area contributed by atoms with E-state index in [9.17, 15) is 8.42 Å². The zero-order valence-corrected chi connectivity index (χ0v) is 12.6. The molecule has 0 unspecified atom stereocenters. The summed E-state index contributed by atoms with van der Waals surface area (Å²) in [6.45, 7) is 6.16. The van der Waals surface area contributed by atoms with Crippen LogP contribution in [0.3, 0.4) is 0 Å². The number of unbranched alkanes of at least 4 members (excludes halogenated alkanes) is 1. The molecule has 7 heteroatoms. The van der Waals surface area contributed by atoms with E-state index < -0.39 is 10.0 Å². The Hall–Kier alpha value is -0.920. The number of hydrogen-bond donors (Lipinski definition) is 1. The van der Waals surface area contributed by atoms with Crippen molar-refractivity contribution in [3.63, 3.8) is 0 Å². The van der Waals surface area contributed by atoms with E-state index in [-0.39, 0.29) is 4.90 Å². The van der Waals surface area contributed by atoms with E-state index in [4.69, 9.17) is 5.73 Å². The molecule has 110 valence electrons. The van der Waals surface area contributed by atoms with Crippen LogP contribution in [0.2, 0.25) is 0 Å². The average molecular weight is 288 g/mol. The van der Waals surface area contributed by atoms with Gasteiger partial charge in [-0.1, -0.05) is 20.3 Å². The monoisotopic (exact) mass is 288 g/mol. The van der Waals surface area contributed by atoms with Crippen LogP contribution in [0, 0.1) is 0 Å². The van der Waals surface area contributed by atoms with E-state index in [0.717, 1.165) is 19.3 Å². The first-order valence-electron chi connectivity index (χ1n) is 6.78. The minimum atomic E-state index is -3.41. The molecule has 0 aliphatic heterocycles. The number of nitrogens with two attached hydrogens (primary N) is 1. The van der Waals surface area contributed by atoms with Crippen molar-refractivity contribution in [2.45, 2.75) is 44.6 Å². The molecule has 0 aromatic carbocycles. The fourth-order valence-electron chi connectivity index (χ4n) is 1.79. The Morgan fingerprint density at radius 1 is 1.37 bits per heavy atom. The van der Waals surface area contributed by atoms with E-state index in [1.165, 1.54) is 10.5 Å². The van der Waals surface area contributed by atoms with Gasteiger partial charge in [0.05, 0.1) is 6.20 Å². The van der Waals surface area contributed by atoms with Gasteiger partial charge in [0.15, 0.2) is 0 Å². The molecule has 0 bridgehead atoms. The highest BCUT2D eigenvalue weighted by molar-refractivity contribution is 7.89. The zero-order chi connectivity index (χ0) is 14.3. The maximum Gasteiger partial charge on any atom is 0.246 e. The number of hydrogen-bond acceptors (Lipinski definition) is 4. The molecule has 19 heavy (non-hydrogen) atoms. The minimum Gasteiger partial charge on any atom is -0.330 e. The van der Waals surface area contributed by atoms with Crippen LogP contribution < -0.4 is 5.73 Å². The molecular weight excluding hydrogens is 264 g/mol. The van der Waals surface area contributed by atoms with Gasteiger partial charge in [0, 0.05) is 25.8 Å². The van der Waals surface area contributed by atoms with Crippen molar-refractivity contribution < 1.29 is 8.42 Å². The Labute approximate surface area is 115 Å². The van der Waals surface area contributed by atoms with Gasteiger partial charge in [-0.15, -0.1) is 0 Å². The number of sulfonamides is 1. The molecule has 2 N–H and O–H groups in total. The number of aryl methyl sites for hydroxylation is 1. The van der Waals surface area contributed by atoms with E-state index in [2.05, 4.69) is 5.10 Å². The fourth-order valence-corrected chi connectivity index (χ4v) is 3.23. The summed E-state index contributed by atoms with van der Waals surface area (Å²) < 4.78 is 27.9. The lowest BCUT2D eigenvalue weighted by Crippen LogP contribution is -2.31. The van der Waals surface area contributed by atoms with E-state index in [0.29, 0.717) is 26.2 Å². The van der Waals surface area contributed by atoms with E-state index in [1.54, 1.807) is 10.9 Å². The van der Waals surface area contributed by atoms with Crippen LogP contribution in [0.4, 0.5) is 0 Å². The summed E-state index contributed by atoms with van der Waals surface area (Å²) >= 11 is 0. The van der Waals surface area contributed by atoms with Crippen LogP contribution >= 0.6 is 0 Å². The molecule has 0 saturated heterocycles. The Bertz CT molecular complexity index is 470. The first-order valence-corrected chi connectivity index (χ1v) is 8.22. The van der Waals surface area contributed by atoms with E-state index >= 15 is 0 Å². The van der Waals surface area contributed by atoms with Crippen molar-refractivity contribution in [1.82, 2.24) is 14.1 Å². The quantitative estimate of drug-likeness (QED) is 0.736. The smallest absolute Gasteiger partial charge is 0.246 e. The Balaban J connectivity index is 2.82. The Morgan fingerprint density at radius 2 is 2.11 bits per heavy atom.